The summed E-state index contributed by atoms with van der Waals surface area (Å²) in [4.78, 5) is 2.38. The predicted molar refractivity (Wildman–Crippen MR) is 83.2 cm³/mol. The maximum absolute atomic E-state index is 12.0. The lowest BCUT2D eigenvalue weighted by Gasteiger charge is -2.03. The van der Waals surface area contributed by atoms with Gasteiger partial charge in [0.05, 0.1) is 11.1 Å². The molecule has 0 aromatic heterocycles. The summed E-state index contributed by atoms with van der Waals surface area (Å²) >= 11 is 3.33. The number of rotatable bonds is 4. The largest absolute Gasteiger partial charge is 0.276 e. The Bertz CT molecular complexity index is 708. The number of nitrogens with zero attached hydrogens (tertiary/aromatic N) is 1. The molecule has 2 aromatic rings. The zero-order valence-electron chi connectivity index (χ0n) is 10.7. The van der Waals surface area contributed by atoms with Gasteiger partial charge in [0.1, 0.15) is 0 Å². The molecule has 0 fully saturated rings. The molecule has 1 N–H and O–H groups in total. The van der Waals surface area contributed by atoms with Crippen molar-refractivity contribution < 1.29 is 8.42 Å². The number of benzene rings is 2. The first-order chi connectivity index (χ1) is 9.47. The molecule has 0 aliphatic carbocycles. The third-order valence-corrected chi connectivity index (χ3v) is 4.35. The topological polar surface area (TPSA) is 58.5 Å². The molecule has 0 spiro atoms. The van der Waals surface area contributed by atoms with E-state index in [2.05, 4.69) is 25.9 Å². The minimum absolute atomic E-state index is 0.191. The Kier molecular flexibility index (Phi) is 4.57. The molecule has 0 radical (unpaired) electrons. The molecule has 2 rings (SSSR count). The highest BCUT2D eigenvalue weighted by atomic mass is 79.9. The van der Waals surface area contributed by atoms with Crippen molar-refractivity contribution in [2.75, 3.05) is 0 Å². The van der Waals surface area contributed by atoms with Crippen LogP contribution in [-0.2, 0) is 10.0 Å². The van der Waals surface area contributed by atoms with E-state index in [-0.39, 0.29) is 4.90 Å². The molecule has 0 saturated heterocycles. The van der Waals surface area contributed by atoms with E-state index in [1.54, 1.807) is 24.3 Å². The van der Waals surface area contributed by atoms with Gasteiger partial charge in [-0.15, -0.1) is 0 Å². The molecule has 0 aliphatic heterocycles. The molecule has 0 amide bonds. The Morgan fingerprint density at radius 1 is 1.05 bits per heavy atom. The average molecular weight is 353 g/mol. The summed E-state index contributed by atoms with van der Waals surface area (Å²) in [5.74, 6) is 0. The van der Waals surface area contributed by atoms with Crippen molar-refractivity contribution in [3.8, 4) is 0 Å². The molecular formula is C14H13BrN2O2S. The van der Waals surface area contributed by atoms with Crippen LogP contribution in [-0.4, -0.2) is 14.6 Å². The monoisotopic (exact) mass is 352 g/mol. The Labute approximate surface area is 126 Å². The van der Waals surface area contributed by atoms with Crippen LogP contribution in [0, 0.1) is 6.92 Å². The van der Waals surface area contributed by atoms with Crippen molar-refractivity contribution in [1.82, 2.24) is 4.83 Å². The molecule has 0 bridgehead atoms. The van der Waals surface area contributed by atoms with E-state index < -0.39 is 10.0 Å². The Morgan fingerprint density at radius 2 is 1.65 bits per heavy atom. The first-order valence-electron chi connectivity index (χ1n) is 5.84. The summed E-state index contributed by atoms with van der Waals surface area (Å²) < 4.78 is 24.9. The number of nitrogens with one attached hydrogen (secondary N) is 1. The second kappa shape index (κ2) is 6.19. The molecule has 20 heavy (non-hydrogen) atoms. The van der Waals surface area contributed by atoms with Crippen LogP contribution in [0.3, 0.4) is 0 Å². The number of halogens is 1. The molecular weight excluding hydrogens is 340 g/mol. The van der Waals surface area contributed by atoms with E-state index in [1.807, 2.05) is 31.2 Å². The Hall–Kier alpha value is -1.66. The molecule has 0 unspecified atom stereocenters. The van der Waals surface area contributed by atoms with Gasteiger partial charge in [-0.2, -0.15) is 13.5 Å². The van der Waals surface area contributed by atoms with Gasteiger partial charge >= 0.3 is 0 Å². The summed E-state index contributed by atoms with van der Waals surface area (Å²) in [6.45, 7) is 1.90. The van der Waals surface area contributed by atoms with E-state index >= 15 is 0 Å². The van der Waals surface area contributed by atoms with Crippen molar-refractivity contribution in [1.29, 1.82) is 0 Å². The van der Waals surface area contributed by atoms with Gasteiger partial charge in [-0.1, -0.05) is 45.8 Å². The zero-order valence-corrected chi connectivity index (χ0v) is 13.1. The van der Waals surface area contributed by atoms with Crippen LogP contribution in [0.1, 0.15) is 11.1 Å². The smallest absolute Gasteiger partial charge is 0.200 e. The molecule has 6 heteroatoms. The summed E-state index contributed by atoms with van der Waals surface area (Å²) in [7, 11) is -3.61. The summed E-state index contributed by atoms with van der Waals surface area (Å²) in [5.41, 5.74) is 1.81. The zero-order chi connectivity index (χ0) is 14.6. The normalized spacial score (nSPS) is 11.7. The Balaban J connectivity index is 2.09. The second-order valence-electron chi connectivity index (χ2n) is 4.22. The molecule has 0 saturated carbocycles. The number of aryl methyl sites for hydroxylation is 1. The fourth-order valence-electron chi connectivity index (χ4n) is 1.49. The Morgan fingerprint density at radius 3 is 2.25 bits per heavy atom. The minimum Gasteiger partial charge on any atom is -0.200 e. The van der Waals surface area contributed by atoms with E-state index in [1.165, 1.54) is 6.21 Å². The number of hydrogen-bond donors (Lipinski definition) is 1. The quantitative estimate of drug-likeness (QED) is 0.678. The fourth-order valence-corrected chi connectivity index (χ4v) is 2.54. The van der Waals surface area contributed by atoms with E-state index in [9.17, 15) is 8.42 Å². The fraction of sp³-hybridized carbons (Fsp3) is 0.0714. The van der Waals surface area contributed by atoms with Crippen LogP contribution >= 0.6 is 15.9 Å². The number of sulfonamides is 1. The van der Waals surface area contributed by atoms with E-state index in [0.29, 0.717) is 0 Å². The molecule has 104 valence electrons. The van der Waals surface area contributed by atoms with Gasteiger partial charge < -0.3 is 0 Å². The van der Waals surface area contributed by atoms with Crippen LogP contribution < -0.4 is 4.83 Å². The highest BCUT2D eigenvalue weighted by molar-refractivity contribution is 9.10. The maximum Gasteiger partial charge on any atom is 0.276 e. The summed E-state index contributed by atoms with van der Waals surface area (Å²) in [6, 6.07) is 14.0. The first kappa shape index (κ1) is 14.7. The van der Waals surface area contributed by atoms with Crippen molar-refractivity contribution in [2.24, 2.45) is 5.10 Å². The van der Waals surface area contributed by atoms with Crippen LogP contribution in [0.25, 0.3) is 0 Å². The van der Waals surface area contributed by atoms with Gasteiger partial charge in [0.2, 0.25) is 0 Å². The average Bonchev–Trinajstić information content (AvgIpc) is 2.41. The van der Waals surface area contributed by atoms with Crippen molar-refractivity contribution in [3.63, 3.8) is 0 Å². The minimum atomic E-state index is -3.61. The molecule has 0 heterocycles. The van der Waals surface area contributed by atoms with E-state index in [4.69, 9.17) is 0 Å². The lowest BCUT2D eigenvalue weighted by molar-refractivity contribution is 0.584. The van der Waals surface area contributed by atoms with Gasteiger partial charge in [-0.25, -0.2) is 4.83 Å². The number of hydrogen-bond acceptors (Lipinski definition) is 3. The van der Waals surface area contributed by atoms with Crippen LogP contribution in [0.5, 0.6) is 0 Å². The van der Waals surface area contributed by atoms with Gasteiger partial charge in [0, 0.05) is 4.47 Å². The van der Waals surface area contributed by atoms with E-state index in [0.717, 1.165) is 15.6 Å². The van der Waals surface area contributed by atoms with Crippen molar-refractivity contribution >= 4 is 32.2 Å². The van der Waals surface area contributed by atoms with Gasteiger partial charge in [-0.3, -0.25) is 0 Å². The third kappa shape index (κ3) is 3.91. The van der Waals surface area contributed by atoms with Gasteiger partial charge in [0.25, 0.3) is 10.0 Å². The highest BCUT2D eigenvalue weighted by Crippen LogP contribution is 2.10. The lowest BCUT2D eigenvalue weighted by Crippen LogP contribution is -2.18. The SMILES string of the molecule is Cc1ccc(S(=O)(=O)NN=Cc2ccc(Br)cc2)cc1. The second-order valence-corrected chi connectivity index (χ2v) is 6.79. The third-order valence-electron chi connectivity index (χ3n) is 2.59. The van der Waals surface area contributed by atoms with Gasteiger partial charge in [0.15, 0.2) is 0 Å². The summed E-state index contributed by atoms with van der Waals surface area (Å²) in [6.07, 6.45) is 1.46. The molecule has 2 aromatic carbocycles. The first-order valence-corrected chi connectivity index (χ1v) is 8.12. The van der Waals surface area contributed by atoms with Crippen LogP contribution in [0.15, 0.2) is 63.0 Å². The van der Waals surface area contributed by atoms with Gasteiger partial charge in [-0.05, 0) is 36.8 Å². The van der Waals surface area contributed by atoms with Crippen LogP contribution in [0.4, 0.5) is 0 Å². The molecule has 0 atom stereocenters. The highest BCUT2D eigenvalue weighted by Gasteiger charge is 2.11. The predicted octanol–water partition coefficient (Wildman–Crippen LogP) is 3.07. The number of hydrazone groups is 1. The van der Waals surface area contributed by atoms with Crippen LogP contribution in [0.2, 0.25) is 0 Å². The lowest BCUT2D eigenvalue weighted by atomic mass is 10.2. The van der Waals surface area contributed by atoms with Crippen molar-refractivity contribution in [3.05, 3.63) is 64.1 Å². The summed E-state index contributed by atoms with van der Waals surface area (Å²) in [5, 5.41) is 3.76. The van der Waals surface area contributed by atoms with Crippen molar-refractivity contribution in [2.45, 2.75) is 11.8 Å². The standard InChI is InChI=1S/C14H13BrN2O2S/c1-11-2-8-14(9-3-11)20(18,19)17-16-10-12-4-6-13(15)7-5-12/h2-10,17H,1H3. The molecule has 0 aliphatic rings. The maximum atomic E-state index is 12.0. The molecule has 4 nitrogen and oxygen atoms in total.